The molecule has 0 spiro atoms. The molecule has 33 heavy (non-hydrogen) atoms. The van der Waals surface area contributed by atoms with Gasteiger partial charge in [-0.3, -0.25) is 4.79 Å². The van der Waals surface area contributed by atoms with E-state index in [9.17, 15) is 4.79 Å². The average Bonchev–Trinajstić information content (AvgIpc) is 3.33. The molecular weight excluding hydrogens is 408 g/mol. The van der Waals surface area contributed by atoms with Crippen LogP contribution in [0.25, 0.3) is 0 Å². The van der Waals surface area contributed by atoms with Gasteiger partial charge >= 0.3 is 0 Å². The Balaban J connectivity index is 1.44. The molecule has 1 saturated carbocycles. The number of rotatable bonds is 10. The SMILES string of the molecule is COc1ccc(CCCNC2CCC(C(C(N)=O)(c3ccccc3)c3ccccc3)C2)cc1. The Hall–Kier alpha value is -3.11. The van der Waals surface area contributed by atoms with Crippen molar-refractivity contribution in [2.45, 2.75) is 43.6 Å². The molecule has 3 N–H and O–H groups in total. The number of methoxy groups -OCH3 is 1. The molecule has 1 aliphatic carbocycles. The van der Waals surface area contributed by atoms with Crippen LogP contribution < -0.4 is 15.8 Å². The van der Waals surface area contributed by atoms with Crippen molar-refractivity contribution < 1.29 is 9.53 Å². The quantitative estimate of drug-likeness (QED) is 0.441. The van der Waals surface area contributed by atoms with Gasteiger partial charge in [-0.1, -0.05) is 72.8 Å². The van der Waals surface area contributed by atoms with Gasteiger partial charge in [0.05, 0.1) is 7.11 Å². The van der Waals surface area contributed by atoms with E-state index in [0.29, 0.717) is 6.04 Å². The molecule has 0 saturated heterocycles. The van der Waals surface area contributed by atoms with Gasteiger partial charge in [-0.25, -0.2) is 0 Å². The van der Waals surface area contributed by atoms with Gasteiger partial charge in [-0.15, -0.1) is 0 Å². The average molecular weight is 443 g/mol. The van der Waals surface area contributed by atoms with Crippen molar-refractivity contribution in [2.24, 2.45) is 11.7 Å². The molecule has 1 amide bonds. The molecule has 3 aromatic carbocycles. The van der Waals surface area contributed by atoms with Crippen LogP contribution in [0.5, 0.6) is 5.75 Å². The summed E-state index contributed by atoms with van der Waals surface area (Å²) >= 11 is 0. The smallest absolute Gasteiger partial charge is 0.232 e. The first kappa shape index (κ1) is 23.1. The molecule has 3 aromatic rings. The monoisotopic (exact) mass is 442 g/mol. The summed E-state index contributed by atoms with van der Waals surface area (Å²) in [5, 5.41) is 3.74. The van der Waals surface area contributed by atoms with Crippen LogP contribution in [0.15, 0.2) is 84.9 Å². The molecular formula is C29H34N2O2. The molecule has 4 rings (SSSR count). The lowest BCUT2D eigenvalue weighted by molar-refractivity contribution is -0.123. The molecule has 1 fully saturated rings. The number of benzene rings is 3. The molecule has 0 radical (unpaired) electrons. The summed E-state index contributed by atoms with van der Waals surface area (Å²) in [5.41, 5.74) is 8.71. The zero-order valence-corrected chi connectivity index (χ0v) is 19.4. The van der Waals surface area contributed by atoms with Crippen molar-refractivity contribution in [2.75, 3.05) is 13.7 Å². The van der Waals surface area contributed by atoms with Crippen LogP contribution in [0.4, 0.5) is 0 Å². The Morgan fingerprint density at radius 2 is 1.55 bits per heavy atom. The zero-order chi connectivity index (χ0) is 23.1. The Labute approximate surface area is 197 Å². The van der Waals surface area contributed by atoms with E-state index in [1.54, 1.807) is 7.11 Å². The normalized spacial score (nSPS) is 18.2. The van der Waals surface area contributed by atoms with Crippen LogP contribution >= 0.6 is 0 Å². The zero-order valence-electron chi connectivity index (χ0n) is 19.4. The van der Waals surface area contributed by atoms with Crippen LogP contribution in [-0.4, -0.2) is 25.6 Å². The summed E-state index contributed by atoms with van der Waals surface area (Å²) in [4.78, 5) is 13.2. The minimum atomic E-state index is -0.804. The molecule has 1 aliphatic rings. The Kier molecular flexibility index (Phi) is 7.46. The molecule has 4 nitrogen and oxygen atoms in total. The van der Waals surface area contributed by atoms with Crippen LogP contribution in [0.3, 0.4) is 0 Å². The maximum atomic E-state index is 13.2. The van der Waals surface area contributed by atoms with E-state index < -0.39 is 5.41 Å². The minimum absolute atomic E-state index is 0.166. The van der Waals surface area contributed by atoms with Gasteiger partial charge in [0.15, 0.2) is 0 Å². The van der Waals surface area contributed by atoms with Crippen LogP contribution in [0, 0.1) is 5.92 Å². The number of aryl methyl sites for hydroxylation is 1. The predicted octanol–water partition coefficient (Wildman–Crippen LogP) is 4.86. The molecule has 0 aromatic heterocycles. The largest absolute Gasteiger partial charge is 0.497 e. The second-order valence-electron chi connectivity index (χ2n) is 9.02. The summed E-state index contributed by atoms with van der Waals surface area (Å²) in [5.74, 6) is 0.799. The number of nitrogens with one attached hydrogen (secondary N) is 1. The maximum Gasteiger partial charge on any atom is 0.232 e. The third kappa shape index (κ3) is 4.96. The van der Waals surface area contributed by atoms with Gasteiger partial charge in [0.2, 0.25) is 5.91 Å². The van der Waals surface area contributed by atoms with Crippen LogP contribution in [-0.2, 0) is 16.6 Å². The topological polar surface area (TPSA) is 64.3 Å². The van der Waals surface area contributed by atoms with E-state index >= 15 is 0 Å². The van der Waals surface area contributed by atoms with Gasteiger partial charge < -0.3 is 15.8 Å². The number of hydrogen-bond acceptors (Lipinski definition) is 3. The Morgan fingerprint density at radius 1 is 0.939 bits per heavy atom. The first-order valence-electron chi connectivity index (χ1n) is 11.9. The number of hydrogen-bond donors (Lipinski definition) is 2. The maximum absolute atomic E-state index is 13.2. The van der Waals surface area contributed by atoms with Gasteiger partial charge in [0.1, 0.15) is 11.2 Å². The molecule has 0 heterocycles. The van der Waals surface area contributed by atoms with Crippen molar-refractivity contribution in [3.63, 3.8) is 0 Å². The first-order chi connectivity index (χ1) is 16.1. The fourth-order valence-electron chi connectivity index (χ4n) is 5.48. The number of amides is 1. The van der Waals surface area contributed by atoms with Gasteiger partial charge in [-0.05, 0) is 73.4 Å². The number of nitrogens with two attached hydrogens (primary N) is 1. The molecule has 0 aliphatic heterocycles. The molecule has 172 valence electrons. The van der Waals surface area contributed by atoms with Crippen molar-refractivity contribution in [3.05, 3.63) is 102 Å². The summed E-state index contributed by atoms with van der Waals surface area (Å²) in [6, 6.07) is 28.9. The summed E-state index contributed by atoms with van der Waals surface area (Å²) in [6.07, 6.45) is 5.08. The third-order valence-electron chi connectivity index (χ3n) is 7.13. The second-order valence-corrected chi connectivity index (χ2v) is 9.02. The highest BCUT2D eigenvalue weighted by atomic mass is 16.5. The standard InChI is InChI=1S/C29H34N2O2/c1-33-27-18-14-22(15-19-27)9-8-20-31-26-17-16-25(21-26)29(28(30)32,23-10-4-2-5-11-23)24-12-6-3-7-13-24/h2-7,10-15,18-19,25-26,31H,8-9,16-17,20-21H2,1H3,(H2,30,32). The van der Waals surface area contributed by atoms with Crippen LogP contribution in [0.1, 0.15) is 42.4 Å². The van der Waals surface area contributed by atoms with Crippen molar-refractivity contribution >= 4 is 5.91 Å². The second kappa shape index (κ2) is 10.7. The Morgan fingerprint density at radius 3 is 2.09 bits per heavy atom. The third-order valence-corrected chi connectivity index (χ3v) is 7.13. The van der Waals surface area contributed by atoms with Crippen molar-refractivity contribution in [1.29, 1.82) is 0 Å². The summed E-state index contributed by atoms with van der Waals surface area (Å²) in [6.45, 7) is 0.962. The van der Waals surface area contributed by atoms with E-state index in [0.717, 1.165) is 55.5 Å². The predicted molar refractivity (Wildman–Crippen MR) is 133 cm³/mol. The van der Waals surface area contributed by atoms with Gasteiger partial charge in [0, 0.05) is 6.04 Å². The lowest BCUT2D eigenvalue weighted by atomic mass is 9.64. The van der Waals surface area contributed by atoms with E-state index in [1.807, 2.05) is 72.8 Å². The van der Waals surface area contributed by atoms with Crippen LogP contribution in [0.2, 0.25) is 0 Å². The van der Waals surface area contributed by atoms with E-state index in [2.05, 4.69) is 17.4 Å². The lowest BCUT2D eigenvalue weighted by Crippen LogP contribution is -2.48. The summed E-state index contributed by atoms with van der Waals surface area (Å²) in [7, 11) is 1.69. The van der Waals surface area contributed by atoms with Gasteiger partial charge in [-0.2, -0.15) is 0 Å². The molecule has 2 atom stereocenters. The van der Waals surface area contributed by atoms with Gasteiger partial charge in [0.25, 0.3) is 0 Å². The highest BCUT2D eigenvalue weighted by Crippen LogP contribution is 2.46. The first-order valence-corrected chi connectivity index (χ1v) is 11.9. The van der Waals surface area contributed by atoms with Crippen molar-refractivity contribution in [3.8, 4) is 5.75 Å². The Bertz CT molecular complexity index is 979. The highest BCUT2D eigenvalue weighted by molar-refractivity contribution is 5.91. The molecule has 4 heteroatoms. The van der Waals surface area contributed by atoms with E-state index in [-0.39, 0.29) is 11.8 Å². The minimum Gasteiger partial charge on any atom is -0.497 e. The fraction of sp³-hybridized carbons (Fsp3) is 0.345. The number of carbonyl (C=O) groups excluding carboxylic acids is 1. The highest BCUT2D eigenvalue weighted by Gasteiger charge is 2.49. The van der Waals surface area contributed by atoms with Crippen molar-refractivity contribution in [1.82, 2.24) is 5.32 Å². The van der Waals surface area contributed by atoms with E-state index in [4.69, 9.17) is 10.5 Å². The fourth-order valence-corrected chi connectivity index (χ4v) is 5.48. The van der Waals surface area contributed by atoms with E-state index in [1.165, 1.54) is 5.56 Å². The molecule has 2 unspecified atom stereocenters. The summed E-state index contributed by atoms with van der Waals surface area (Å²) < 4.78 is 5.24. The molecule has 0 bridgehead atoms. The lowest BCUT2D eigenvalue weighted by Gasteiger charge is -2.37. The number of ether oxygens (including phenoxy) is 1. The number of carbonyl (C=O) groups is 1. The number of primary amides is 1.